The largest absolute Gasteiger partial charge is 0.351 e. The van der Waals surface area contributed by atoms with Crippen molar-refractivity contribution >= 4 is 23.2 Å². The number of carbonyl (C=O) groups is 2. The summed E-state index contributed by atoms with van der Waals surface area (Å²) in [4.78, 5) is 28.2. The van der Waals surface area contributed by atoms with E-state index in [1.54, 1.807) is 35.0 Å². The van der Waals surface area contributed by atoms with Crippen LogP contribution in [0.15, 0.2) is 48.8 Å². The van der Waals surface area contributed by atoms with Crippen LogP contribution in [0, 0.1) is 18.7 Å². The number of benzene rings is 1. The molecule has 3 aromatic rings. The number of aromatic nitrogens is 2. The van der Waals surface area contributed by atoms with Crippen molar-refractivity contribution in [3.05, 3.63) is 69.9 Å². The number of aryl methyl sites for hydroxylation is 1. The highest BCUT2D eigenvalue weighted by Gasteiger charge is 2.39. The molecular weight excluding hydrogens is 391 g/mol. The molecule has 0 saturated carbocycles. The molecule has 2 atom stereocenters. The van der Waals surface area contributed by atoms with E-state index in [2.05, 4.69) is 10.4 Å². The van der Waals surface area contributed by atoms with Crippen LogP contribution in [-0.4, -0.2) is 40.1 Å². The standard InChI is InChI=1S/C21H21FN4O2S/c1-13-3-8-18(29-13)21(28)23-10-14-9-19(27)25(2)20(14)15-11-24-26(12-15)17-6-4-16(22)5-7-17/h3-8,11-12,14,20H,9-10H2,1-2H3,(H,23,28)/t14-,20+/m0/s1. The third kappa shape index (κ3) is 3.93. The Morgan fingerprint density at radius 1 is 1.28 bits per heavy atom. The Morgan fingerprint density at radius 2 is 2.03 bits per heavy atom. The van der Waals surface area contributed by atoms with Gasteiger partial charge in [0.1, 0.15) is 5.82 Å². The van der Waals surface area contributed by atoms with Crippen LogP contribution in [0.4, 0.5) is 4.39 Å². The summed E-state index contributed by atoms with van der Waals surface area (Å²) in [5.41, 5.74) is 1.62. The molecule has 1 aromatic carbocycles. The van der Waals surface area contributed by atoms with Gasteiger partial charge in [-0.3, -0.25) is 9.59 Å². The third-order valence-electron chi connectivity index (χ3n) is 5.22. The second-order valence-electron chi connectivity index (χ2n) is 7.23. The van der Waals surface area contributed by atoms with Crippen molar-refractivity contribution in [2.75, 3.05) is 13.6 Å². The first kappa shape index (κ1) is 19.3. The van der Waals surface area contributed by atoms with E-state index in [0.717, 1.165) is 16.1 Å². The van der Waals surface area contributed by atoms with Gasteiger partial charge in [-0.1, -0.05) is 0 Å². The fourth-order valence-electron chi connectivity index (χ4n) is 3.72. The van der Waals surface area contributed by atoms with E-state index in [-0.39, 0.29) is 29.6 Å². The fourth-order valence-corrected chi connectivity index (χ4v) is 4.51. The Kier molecular flexibility index (Phi) is 5.19. The van der Waals surface area contributed by atoms with Crippen LogP contribution in [0.1, 0.15) is 32.6 Å². The lowest BCUT2D eigenvalue weighted by atomic mass is 9.95. The summed E-state index contributed by atoms with van der Waals surface area (Å²) in [5, 5.41) is 7.33. The summed E-state index contributed by atoms with van der Waals surface area (Å²) in [6.45, 7) is 2.36. The number of amides is 2. The van der Waals surface area contributed by atoms with Crippen molar-refractivity contribution < 1.29 is 14.0 Å². The van der Waals surface area contributed by atoms with Crippen molar-refractivity contribution in [1.82, 2.24) is 20.0 Å². The Hall–Kier alpha value is -3.00. The number of thiophene rings is 1. The molecule has 3 heterocycles. The van der Waals surface area contributed by atoms with Crippen LogP contribution in [0.3, 0.4) is 0 Å². The number of carbonyl (C=O) groups excluding carboxylic acids is 2. The zero-order chi connectivity index (χ0) is 20.5. The molecule has 2 aromatic heterocycles. The number of nitrogens with one attached hydrogen (secondary N) is 1. The van der Waals surface area contributed by atoms with Crippen molar-refractivity contribution in [2.45, 2.75) is 19.4 Å². The summed E-state index contributed by atoms with van der Waals surface area (Å²) < 4.78 is 14.8. The third-order valence-corrected chi connectivity index (χ3v) is 6.22. The molecule has 29 heavy (non-hydrogen) atoms. The van der Waals surface area contributed by atoms with Gasteiger partial charge in [-0.2, -0.15) is 5.10 Å². The number of likely N-dealkylation sites (tertiary alicyclic amines) is 1. The zero-order valence-electron chi connectivity index (χ0n) is 16.1. The van der Waals surface area contributed by atoms with E-state index in [4.69, 9.17) is 0 Å². The SMILES string of the molecule is Cc1ccc(C(=O)NC[C@@H]2CC(=O)N(C)[C@H]2c2cnn(-c3ccc(F)cc3)c2)s1. The molecule has 0 spiro atoms. The second kappa shape index (κ2) is 7.79. The predicted octanol–water partition coefficient (Wildman–Crippen LogP) is 3.33. The number of hydrogen-bond acceptors (Lipinski definition) is 4. The van der Waals surface area contributed by atoms with Gasteiger partial charge in [0.15, 0.2) is 0 Å². The van der Waals surface area contributed by atoms with E-state index in [0.29, 0.717) is 17.8 Å². The average molecular weight is 412 g/mol. The van der Waals surface area contributed by atoms with Crippen LogP contribution in [-0.2, 0) is 4.79 Å². The first-order chi connectivity index (χ1) is 13.9. The van der Waals surface area contributed by atoms with Gasteiger partial charge in [0.05, 0.1) is 22.8 Å². The number of halogens is 1. The summed E-state index contributed by atoms with van der Waals surface area (Å²) >= 11 is 1.45. The first-order valence-corrected chi connectivity index (χ1v) is 10.1. The lowest BCUT2D eigenvalue weighted by Crippen LogP contribution is -2.32. The van der Waals surface area contributed by atoms with Gasteiger partial charge in [-0.25, -0.2) is 9.07 Å². The highest BCUT2D eigenvalue weighted by Crippen LogP contribution is 2.36. The molecule has 1 N–H and O–H groups in total. The Morgan fingerprint density at radius 3 is 2.72 bits per heavy atom. The number of hydrogen-bond donors (Lipinski definition) is 1. The van der Waals surface area contributed by atoms with Gasteiger partial charge in [0.2, 0.25) is 5.91 Å². The topological polar surface area (TPSA) is 67.2 Å². The van der Waals surface area contributed by atoms with Gasteiger partial charge in [0, 0.05) is 42.6 Å². The van der Waals surface area contributed by atoms with E-state index >= 15 is 0 Å². The molecule has 8 heteroatoms. The molecule has 0 unspecified atom stereocenters. The quantitative estimate of drug-likeness (QED) is 0.699. The summed E-state index contributed by atoms with van der Waals surface area (Å²) in [6.07, 6.45) is 3.94. The van der Waals surface area contributed by atoms with E-state index in [9.17, 15) is 14.0 Å². The van der Waals surface area contributed by atoms with Crippen LogP contribution in [0.25, 0.3) is 5.69 Å². The first-order valence-electron chi connectivity index (χ1n) is 9.33. The molecule has 1 aliphatic heterocycles. The highest BCUT2D eigenvalue weighted by molar-refractivity contribution is 7.13. The van der Waals surface area contributed by atoms with Crippen molar-refractivity contribution in [1.29, 1.82) is 0 Å². The van der Waals surface area contributed by atoms with Crippen molar-refractivity contribution in [3.8, 4) is 5.69 Å². The fraction of sp³-hybridized carbons (Fsp3) is 0.286. The number of nitrogens with zero attached hydrogens (tertiary/aromatic N) is 3. The average Bonchev–Trinajstić information content (AvgIpc) is 3.41. The van der Waals surface area contributed by atoms with Gasteiger partial charge in [-0.15, -0.1) is 11.3 Å². The molecule has 150 valence electrons. The second-order valence-corrected chi connectivity index (χ2v) is 8.52. The normalized spacial score (nSPS) is 19.0. The lowest BCUT2D eigenvalue weighted by Gasteiger charge is -2.24. The monoisotopic (exact) mass is 412 g/mol. The molecule has 0 bridgehead atoms. The van der Waals surface area contributed by atoms with Crippen LogP contribution in [0.2, 0.25) is 0 Å². The summed E-state index contributed by atoms with van der Waals surface area (Å²) in [5.74, 6) is -0.441. The van der Waals surface area contributed by atoms with Crippen molar-refractivity contribution in [3.63, 3.8) is 0 Å². The van der Waals surface area contributed by atoms with Gasteiger partial charge >= 0.3 is 0 Å². The molecule has 6 nitrogen and oxygen atoms in total. The van der Waals surface area contributed by atoms with Crippen molar-refractivity contribution in [2.24, 2.45) is 5.92 Å². The minimum Gasteiger partial charge on any atom is -0.351 e. The van der Waals surface area contributed by atoms with Gasteiger partial charge < -0.3 is 10.2 Å². The molecule has 0 aliphatic carbocycles. The molecule has 4 rings (SSSR count). The number of rotatable bonds is 5. The lowest BCUT2D eigenvalue weighted by molar-refractivity contribution is -0.127. The molecule has 0 radical (unpaired) electrons. The van der Waals surface area contributed by atoms with E-state index < -0.39 is 0 Å². The van der Waals surface area contributed by atoms with Gasteiger partial charge in [0.25, 0.3) is 5.91 Å². The van der Waals surface area contributed by atoms with Gasteiger partial charge in [-0.05, 0) is 43.3 Å². The minimum atomic E-state index is -0.306. The highest BCUT2D eigenvalue weighted by atomic mass is 32.1. The summed E-state index contributed by atoms with van der Waals surface area (Å²) in [6, 6.07) is 9.61. The van der Waals surface area contributed by atoms with Crippen LogP contribution in [0.5, 0.6) is 0 Å². The van der Waals surface area contributed by atoms with E-state index in [1.807, 2.05) is 25.3 Å². The molecular formula is C21H21FN4O2S. The molecule has 1 aliphatic rings. The minimum absolute atomic E-state index is 0.0377. The molecule has 1 saturated heterocycles. The van der Waals surface area contributed by atoms with Crippen LogP contribution >= 0.6 is 11.3 Å². The maximum absolute atomic E-state index is 13.2. The maximum Gasteiger partial charge on any atom is 0.261 e. The Balaban J connectivity index is 1.50. The van der Waals surface area contributed by atoms with Crippen LogP contribution < -0.4 is 5.32 Å². The Bertz CT molecular complexity index is 1040. The smallest absolute Gasteiger partial charge is 0.261 e. The van der Waals surface area contributed by atoms with E-state index in [1.165, 1.54) is 23.5 Å². The molecule has 2 amide bonds. The molecule has 1 fully saturated rings. The summed E-state index contributed by atoms with van der Waals surface area (Å²) in [7, 11) is 1.77. The maximum atomic E-state index is 13.2. The Labute approximate surface area is 172 Å². The predicted molar refractivity (Wildman–Crippen MR) is 109 cm³/mol. The zero-order valence-corrected chi connectivity index (χ0v) is 16.9.